The molecule has 3 heteroatoms. The first-order valence-electron chi connectivity index (χ1n) is 5.88. The van der Waals surface area contributed by atoms with Gasteiger partial charge in [0, 0.05) is 25.2 Å². The summed E-state index contributed by atoms with van der Waals surface area (Å²) in [7, 11) is 0. The zero-order valence-corrected chi connectivity index (χ0v) is 9.11. The fraction of sp³-hybridized carbons (Fsp3) is 1.00. The molecule has 3 atom stereocenters. The van der Waals surface area contributed by atoms with E-state index in [1.165, 1.54) is 19.3 Å². The van der Waals surface area contributed by atoms with Gasteiger partial charge in [0.25, 0.3) is 0 Å². The van der Waals surface area contributed by atoms with E-state index in [0.717, 1.165) is 26.1 Å². The van der Waals surface area contributed by atoms with Crippen LogP contribution < -0.4 is 5.73 Å². The second-order valence-electron chi connectivity index (χ2n) is 4.71. The topological polar surface area (TPSA) is 38.5 Å². The average Bonchev–Trinajstić information content (AvgIpc) is 2.62. The Labute approximate surface area is 86.6 Å². The molecule has 0 amide bonds. The van der Waals surface area contributed by atoms with E-state index in [4.69, 9.17) is 10.5 Å². The van der Waals surface area contributed by atoms with Crippen LogP contribution in [-0.4, -0.2) is 42.8 Å². The molecule has 1 aliphatic carbocycles. The Hall–Kier alpha value is -0.120. The van der Waals surface area contributed by atoms with Gasteiger partial charge in [0.05, 0.1) is 12.7 Å². The van der Waals surface area contributed by atoms with E-state index in [1.807, 2.05) is 0 Å². The number of hydrogen-bond acceptors (Lipinski definition) is 3. The number of hydrogen-bond donors (Lipinski definition) is 1. The molecule has 0 bridgehead atoms. The molecular weight excluding hydrogens is 176 g/mol. The van der Waals surface area contributed by atoms with E-state index in [2.05, 4.69) is 11.8 Å². The van der Waals surface area contributed by atoms with Crippen LogP contribution in [0, 0.1) is 0 Å². The number of morpholine rings is 1. The van der Waals surface area contributed by atoms with Crippen molar-refractivity contribution in [3.8, 4) is 0 Å². The van der Waals surface area contributed by atoms with Crippen molar-refractivity contribution in [1.29, 1.82) is 0 Å². The Morgan fingerprint density at radius 2 is 2.36 bits per heavy atom. The van der Waals surface area contributed by atoms with Gasteiger partial charge in [-0.25, -0.2) is 0 Å². The molecule has 2 aliphatic rings. The molecule has 2 rings (SSSR count). The molecule has 0 radical (unpaired) electrons. The summed E-state index contributed by atoms with van der Waals surface area (Å²) in [5.41, 5.74) is 5.79. The minimum Gasteiger partial charge on any atom is -0.375 e. The lowest BCUT2D eigenvalue weighted by Crippen LogP contribution is -2.49. The summed E-state index contributed by atoms with van der Waals surface area (Å²) >= 11 is 0. The van der Waals surface area contributed by atoms with Crippen molar-refractivity contribution in [2.75, 3.05) is 19.7 Å². The summed E-state index contributed by atoms with van der Waals surface area (Å²) in [5.74, 6) is 0. The summed E-state index contributed by atoms with van der Waals surface area (Å²) in [5, 5.41) is 0. The van der Waals surface area contributed by atoms with Crippen LogP contribution in [0.25, 0.3) is 0 Å². The van der Waals surface area contributed by atoms with Crippen molar-refractivity contribution in [2.24, 2.45) is 5.73 Å². The molecule has 82 valence electrons. The third kappa shape index (κ3) is 2.27. The van der Waals surface area contributed by atoms with Gasteiger partial charge in [-0.3, -0.25) is 4.90 Å². The molecule has 14 heavy (non-hydrogen) atoms. The highest BCUT2D eigenvalue weighted by atomic mass is 16.5. The van der Waals surface area contributed by atoms with Crippen LogP contribution in [0.3, 0.4) is 0 Å². The maximum atomic E-state index is 5.79. The maximum absolute atomic E-state index is 5.79. The Morgan fingerprint density at radius 3 is 3.14 bits per heavy atom. The molecule has 1 saturated carbocycles. The van der Waals surface area contributed by atoms with Crippen molar-refractivity contribution >= 4 is 0 Å². The van der Waals surface area contributed by atoms with Gasteiger partial charge >= 0.3 is 0 Å². The van der Waals surface area contributed by atoms with Gasteiger partial charge in [0.1, 0.15) is 0 Å². The van der Waals surface area contributed by atoms with Gasteiger partial charge in [-0.1, -0.05) is 0 Å². The lowest BCUT2D eigenvalue weighted by molar-refractivity contribution is -0.0560. The fourth-order valence-electron chi connectivity index (χ4n) is 2.65. The highest BCUT2D eigenvalue weighted by Gasteiger charge is 2.35. The monoisotopic (exact) mass is 198 g/mol. The molecule has 0 aromatic heterocycles. The summed E-state index contributed by atoms with van der Waals surface area (Å²) < 4.78 is 5.77. The van der Waals surface area contributed by atoms with Gasteiger partial charge in [-0.2, -0.15) is 0 Å². The Morgan fingerprint density at radius 1 is 1.50 bits per heavy atom. The first-order chi connectivity index (χ1) is 6.77. The summed E-state index contributed by atoms with van der Waals surface area (Å²) in [4.78, 5) is 2.59. The maximum Gasteiger partial charge on any atom is 0.0730 e. The lowest BCUT2D eigenvalue weighted by Gasteiger charge is -2.37. The predicted molar refractivity (Wildman–Crippen MR) is 57.2 cm³/mol. The van der Waals surface area contributed by atoms with Gasteiger partial charge in [-0.05, 0) is 32.6 Å². The molecule has 0 aromatic carbocycles. The molecular formula is C11H22N2O. The van der Waals surface area contributed by atoms with Gasteiger partial charge in [0.2, 0.25) is 0 Å². The van der Waals surface area contributed by atoms with Gasteiger partial charge < -0.3 is 10.5 Å². The second-order valence-corrected chi connectivity index (χ2v) is 4.71. The molecule has 3 unspecified atom stereocenters. The zero-order chi connectivity index (χ0) is 9.97. The fourth-order valence-corrected chi connectivity index (χ4v) is 2.65. The van der Waals surface area contributed by atoms with Crippen LogP contribution in [0.15, 0.2) is 0 Å². The van der Waals surface area contributed by atoms with Crippen molar-refractivity contribution in [2.45, 2.75) is 50.8 Å². The largest absolute Gasteiger partial charge is 0.375 e. The predicted octanol–water partition coefficient (Wildman–Crippen LogP) is 0.977. The van der Waals surface area contributed by atoms with Gasteiger partial charge in [0.15, 0.2) is 0 Å². The summed E-state index contributed by atoms with van der Waals surface area (Å²) in [6.07, 6.45) is 5.56. The molecule has 2 fully saturated rings. The van der Waals surface area contributed by atoms with Crippen LogP contribution in [0.1, 0.15) is 32.6 Å². The standard InChI is InChI=1S/C11H22N2O/c1-9(12)5-6-13-7-8-14-11-4-2-3-10(11)13/h9-11H,2-8,12H2,1H3. The molecule has 0 spiro atoms. The van der Waals surface area contributed by atoms with Crippen LogP contribution in [0.2, 0.25) is 0 Å². The molecule has 2 N–H and O–H groups in total. The Bertz CT molecular complexity index is 184. The van der Waals surface area contributed by atoms with E-state index in [-0.39, 0.29) is 0 Å². The number of fused-ring (bicyclic) bond motifs is 1. The third-order valence-corrected chi connectivity index (χ3v) is 3.47. The highest BCUT2D eigenvalue weighted by molar-refractivity contribution is 4.89. The van der Waals surface area contributed by atoms with E-state index in [1.54, 1.807) is 0 Å². The van der Waals surface area contributed by atoms with Crippen molar-refractivity contribution in [3.05, 3.63) is 0 Å². The second kappa shape index (κ2) is 4.60. The van der Waals surface area contributed by atoms with Crippen molar-refractivity contribution < 1.29 is 4.74 Å². The third-order valence-electron chi connectivity index (χ3n) is 3.47. The summed E-state index contributed by atoms with van der Waals surface area (Å²) in [6.45, 7) is 5.27. The zero-order valence-electron chi connectivity index (χ0n) is 9.11. The minimum absolute atomic E-state index is 0.331. The smallest absolute Gasteiger partial charge is 0.0730 e. The van der Waals surface area contributed by atoms with E-state index in [9.17, 15) is 0 Å². The molecule has 1 heterocycles. The van der Waals surface area contributed by atoms with Crippen LogP contribution in [0.5, 0.6) is 0 Å². The van der Waals surface area contributed by atoms with E-state index >= 15 is 0 Å². The number of rotatable bonds is 3. The van der Waals surface area contributed by atoms with Crippen LogP contribution >= 0.6 is 0 Å². The lowest BCUT2D eigenvalue weighted by atomic mass is 10.1. The first kappa shape index (κ1) is 10.4. The number of ether oxygens (including phenoxy) is 1. The molecule has 1 aliphatic heterocycles. The SMILES string of the molecule is CC(N)CCN1CCOC2CCCC21. The number of nitrogens with zero attached hydrogens (tertiary/aromatic N) is 1. The van der Waals surface area contributed by atoms with Gasteiger partial charge in [-0.15, -0.1) is 0 Å². The number of nitrogens with two attached hydrogens (primary N) is 1. The van der Waals surface area contributed by atoms with Crippen LogP contribution in [-0.2, 0) is 4.74 Å². The van der Waals surface area contributed by atoms with Crippen molar-refractivity contribution in [1.82, 2.24) is 4.90 Å². The molecule has 3 nitrogen and oxygen atoms in total. The van der Waals surface area contributed by atoms with E-state index < -0.39 is 0 Å². The molecule has 1 saturated heterocycles. The normalized spacial score (nSPS) is 35.6. The quantitative estimate of drug-likeness (QED) is 0.734. The Balaban J connectivity index is 1.84. The van der Waals surface area contributed by atoms with Crippen LogP contribution in [0.4, 0.5) is 0 Å². The first-order valence-corrected chi connectivity index (χ1v) is 5.88. The highest BCUT2D eigenvalue weighted by Crippen LogP contribution is 2.29. The average molecular weight is 198 g/mol. The van der Waals surface area contributed by atoms with Crippen molar-refractivity contribution in [3.63, 3.8) is 0 Å². The summed E-state index contributed by atoms with van der Waals surface area (Å²) in [6, 6.07) is 1.03. The molecule has 0 aromatic rings. The van der Waals surface area contributed by atoms with E-state index in [0.29, 0.717) is 18.2 Å². The minimum atomic E-state index is 0.331. The Kier molecular flexibility index (Phi) is 3.42.